The Kier molecular flexibility index (Phi) is 8.32. The third-order valence-electron chi connectivity index (χ3n) is 5.34. The van der Waals surface area contributed by atoms with Gasteiger partial charge < -0.3 is 10.6 Å². The van der Waals surface area contributed by atoms with Crippen molar-refractivity contribution in [2.24, 2.45) is 0 Å². The second kappa shape index (κ2) is 12.2. The van der Waals surface area contributed by atoms with Gasteiger partial charge in [-0.2, -0.15) is 11.3 Å². The Bertz CT molecular complexity index is 1510. The third-order valence-corrected chi connectivity index (χ3v) is 6.04. The molecule has 0 saturated heterocycles. The molecule has 0 bridgehead atoms. The summed E-state index contributed by atoms with van der Waals surface area (Å²) >= 11 is 1.54. The van der Waals surface area contributed by atoms with Gasteiger partial charge in [0, 0.05) is 28.9 Å². The number of non-ortho nitro benzene ring substituents is 1. The van der Waals surface area contributed by atoms with Crippen LogP contribution in [0.5, 0.6) is 0 Å². The number of carbonyl (C=O) groups excluding carboxylic acids is 3. The van der Waals surface area contributed by atoms with E-state index in [9.17, 15) is 24.5 Å². The number of nitrogens with zero attached hydrogens (tertiary/aromatic N) is 1. The van der Waals surface area contributed by atoms with Gasteiger partial charge in [0.05, 0.1) is 4.92 Å². The Labute approximate surface area is 222 Å². The predicted molar refractivity (Wildman–Crippen MR) is 148 cm³/mol. The summed E-state index contributed by atoms with van der Waals surface area (Å²) < 4.78 is 0. The van der Waals surface area contributed by atoms with Crippen LogP contribution in [-0.2, 0) is 4.79 Å². The van der Waals surface area contributed by atoms with Crippen LogP contribution in [0.25, 0.3) is 12.2 Å². The number of nitrogens with one attached hydrogen (secondary N) is 2. The van der Waals surface area contributed by atoms with Gasteiger partial charge in [-0.15, -0.1) is 0 Å². The fourth-order valence-corrected chi connectivity index (χ4v) is 3.98. The number of anilines is 1. The molecule has 0 aliphatic carbocycles. The number of benzene rings is 3. The zero-order valence-electron chi connectivity index (χ0n) is 19.9. The SMILES string of the molecule is O=C(Nc1ccc(C(=O)/C=C/c2ccsc2)cc1)/C(=C/c1ccc([N+](=O)[O-])cc1)NC(=O)c1ccccc1. The monoisotopic (exact) mass is 523 g/mol. The fourth-order valence-electron chi connectivity index (χ4n) is 3.36. The smallest absolute Gasteiger partial charge is 0.272 e. The number of nitro benzene ring substituents is 1. The minimum absolute atomic E-state index is 0.0634. The minimum atomic E-state index is -0.607. The van der Waals surface area contributed by atoms with E-state index in [4.69, 9.17) is 0 Å². The Morgan fingerprint density at radius 3 is 2.16 bits per heavy atom. The molecule has 0 fully saturated rings. The van der Waals surface area contributed by atoms with Crippen LogP contribution in [0.15, 0.2) is 107 Å². The molecule has 188 valence electrons. The van der Waals surface area contributed by atoms with Gasteiger partial charge in [0.1, 0.15) is 5.70 Å². The molecule has 0 unspecified atom stereocenters. The van der Waals surface area contributed by atoms with Gasteiger partial charge in [-0.25, -0.2) is 0 Å². The molecule has 1 heterocycles. The van der Waals surface area contributed by atoms with Crippen LogP contribution in [0.4, 0.5) is 11.4 Å². The summed E-state index contributed by atoms with van der Waals surface area (Å²) in [4.78, 5) is 48.7. The van der Waals surface area contributed by atoms with Crippen molar-refractivity contribution in [2.75, 3.05) is 5.32 Å². The lowest BCUT2D eigenvalue weighted by Crippen LogP contribution is -2.30. The highest BCUT2D eigenvalue weighted by Gasteiger charge is 2.16. The van der Waals surface area contributed by atoms with E-state index in [2.05, 4.69) is 10.6 Å². The van der Waals surface area contributed by atoms with Crippen LogP contribution >= 0.6 is 11.3 Å². The van der Waals surface area contributed by atoms with Crippen LogP contribution < -0.4 is 10.6 Å². The molecule has 0 aliphatic rings. The molecule has 9 heteroatoms. The maximum atomic E-state index is 13.1. The summed E-state index contributed by atoms with van der Waals surface area (Å²) in [6.45, 7) is 0. The van der Waals surface area contributed by atoms with Crippen LogP contribution in [0, 0.1) is 10.1 Å². The van der Waals surface area contributed by atoms with E-state index < -0.39 is 16.7 Å². The lowest BCUT2D eigenvalue weighted by molar-refractivity contribution is -0.384. The van der Waals surface area contributed by atoms with Crippen molar-refractivity contribution in [1.29, 1.82) is 0 Å². The quantitative estimate of drug-likeness (QED) is 0.121. The molecule has 8 nitrogen and oxygen atoms in total. The topological polar surface area (TPSA) is 118 Å². The van der Waals surface area contributed by atoms with Crippen LogP contribution in [0.1, 0.15) is 31.8 Å². The van der Waals surface area contributed by atoms with E-state index in [-0.39, 0.29) is 17.2 Å². The number of hydrogen-bond donors (Lipinski definition) is 2. The Morgan fingerprint density at radius 2 is 1.53 bits per heavy atom. The Morgan fingerprint density at radius 1 is 0.816 bits per heavy atom. The molecule has 0 atom stereocenters. The van der Waals surface area contributed by atoms with Crippen molar-refractivity contribution in [3.8, 4) is 0 Å². The molecule has 0 aliphatic heterocycles. The maximum absolute atomic E-state index is 13.1. The summed E-state index contributed by atoms with van der Waals surface area (Å²) in [5.41, 5.74) is 2.48. The molecule has 2 N–H and O–H groups in total. The third kappa shape index (κ3) is 6.96. The number of ketones is 1. The van der Waals surface area contributed by atoms with Crippen molar-refractivity contribution in [1.82, 2.24) is 5.32 Å². The number of allylic oxidation sites excluding steroid dienone is 1. The average Bonchev–Trinajstić information content (AvgIpc) is 3.46. The first kappa shape index (κ1) is 25.9. The van der Waals surface area contributed by atoms with E-state index >= 15 is 0 Å². The van der Waals surface area contributed by atoms with E-state index in [0.717, 1.165) is 5.56 Å². The molecule has 0 radical (unpaired) electrons. The number of nitro groups is 1. The van der Waals surface area contributed by atoms with Gasteiger partial charge in [-0.3, -0.25) is 24.5 Å². The van der Waals surface area contributed by atoms with E-state index in [0.29, 0.717) is 22.4 Å². The highest BCUT2D eigenvalue weighted by atomic mass is 32.1. The Hall–Kier alpha value is -5.15. The summed E-state index contributed by atoms with van der Waals surface area (Å²) in [5.74, 6) is -1.28. The second-order valence-electron chi connectivity index (χ2n) is 8.01. The molecule has 1 aromatic heterocycles. The first-order chi connectivity index (χ1) is 18.4. The van der Waals surface area contributed by atoms with Crippen LogP contribution in [-0.4, -0.2) is 22.5 Å². The van der Waals surface area contributed by atoms with Gasteiger partial charge in [0.25, 0.3) is 17.5 Å². The highest BCUT2D eigenvalue weighted by molar-refractivity contribution is 7.08. The average molecular weight is 524 g/mol. The number of hydrogen-bond acceptors (Lipinski definition) is 6. The standard InChI is InChI=1S/C29H21N3O5S/c33-27(15-8-21-16-17-38-19-21)22-9-11-24(12-10-22)30-29(35)26(31-28(34)23-4-2-1-3-5-23)18-20-6-13-25(14-7-20)32(36)37/h1-19H,(H,30,35)(H,31,34)/b15-8+,26-18-. The molecular formula is C29H21N3O5S. The van der Waals surface area contributed by atoms with Crippen molar-refractivity contribution in [3.05, 3.63) is 140 Å². The largest absolute Gasteiger partial charge is 0.321 e. The minimum Gasteiger partial charge on any atom is -0.321 e. The predicted octanol–water partition coefficient (Wildman–Crippen LogP) is 5.96. The molecule has 4 rings (SSSR count). The van der Waals surface area contributed by atoms with Crippen LogP contribution in [0.2, 0.25) is 0 Å². The first-order valence-corrected chi connectivity index (χ1v) is 12.3. The highest BCUT2D eigenvalue weighted by Crippen LogP contribution is 2.17. The molecule has 38 heavy (non-hydrogen) atoms. The van der Waals surface area contributed by atoms with Gasteiger partial charge >= 0.3 is 0 Å². The summed E-state index contributed by atoms with van der Waals surface area (Å²) in [7, 11) is 0. The van der Waals surface area contributed by atoms with Gasteiger partial charge in [-0.05, 0) is 88.6 Å². The first-order valence-electron chi connectivity index (χ1n) is 11.4. The number of thiophene rings is 1. The molecule has 2 amide bonds. The Balaban J connectivity index is 1.52. The summed E-state index contributed by atoms with van der Waals surface area (Å²) in [6.07, 6.45) is 4.64. The number of amides is 2. The molecule has 0 spiro atoms. The van der Waals surface area contributed by atoms with Crippen molar-refractivity contribution >= 4 is 52.5 Å². The van der Waals surface area contributed by atoms with Gasteiger partial charge in [0.2, 0.25) is 0 Å². The van der Waals surface area contributed by atoms with E-state index in [1.807, 2.05) is 16.8 Å². The lowest BCUT2D eigenvalue weighted by atomic mass is 10.1. The van der Waals surface area contributed by atoms with Gasteiger partial charge in [0.15, 0.2) is 5.78 Å². The zero-order valence-corrected chi connectivity index (χ0v) is 20.7. The number of rotatable bonds is 9. The van der Waals surface area contributed by atoms with Crippen LogP contribution in [0.3, 0.4) is 0 Å². The summed E-state index contributed by atoms with van der Waals surface area (Å²) in [5, 5.41) is 20.1. The maximum Gasteiger partial charge on any atom is 0.272 e. The van der Waals surface area contributed by atoms with E-state index in [1.165, 1.54) is 36.4 Å². The zero-order chi connectivity index (χ0) is 26.9. The second-order valence-corrected chi connectivity index (χ2v) is 8.79. The lowest BCUT2D eigenvalue weighted by Gasteiger charge is -2.12. The fraction of sp³-hybridized carbons (Fsp3) is 0. The van der Waals surface area contributed by atoms with Crippen molar-refractivity contribution in [2.45, 2.75) is 0 Å². The molecule has 4 aromatic rings. The molecular weight excluding hydrogens is 502 g/mol. The van der Waals surface area contributed by atoms with Gasteiger partial charge in [-0.1, -0.05) is 24.3 Å². The summed E-state index contributed by atoms with van der Waals surface area (Å²) in [6, 6.07) is 22.2. The molecule has 0 saturated carbocycles. The van der Waals surface area contributed by atoms with E-state index in [1.54, 1.807) is 72.0 Å². The molecule has 3 aromatic carbocycles. The van der Waals surface area contributed by atoms with Crippen molar-refractivity contribution < 1.29 is 19.3 Å². The van der Waals surface area contributed by atoms with Crippen molar-refractivity contribution in [3.63, 3.8) is 0 Å². The number of carbonyl (C=O) groups is 3. The normalized spacial score (nSPS) is 11.2.